The van der Waals surface area contributed by atoms with Gasteiger partial charge in [-0.3, -0.25) is 14.3 Å². The molecule has 0 saturated carbocycles. The van der Waals surface area contributed by atoms with Gasteiger partial charge >= 0.3 is 0 Å². The number of carbonyl (C=O) groups excluding carboxylic acids is 2. The molecule has 0 unspecified atom stereocenters. The van der Waals surface area contributed by atoms with Crippen LogP contribution in [0.15, 0.2) is 114 Å². The van der Waals surface area contributed by atoms with E-state index >= 15 is 0 Å². The van der Waals surface area contributed by atoms with Gasteiger partial charge in [0.1, 0.15) is 0 Å². The van der Waals surface area contributed by atoms with Gasteiger partial charge in [-0.1, -0.05) is 48.5 Å². The zero-order chi connectivity index (χ0) is 23.3. The molecule has 0 fully saturated rings. The summed E-state index contributed by atoms with van der Waals surface area (Å²) in [5.74, 6) is -0.494. The number of amides is 1. The van der Waals surface area contributed by atoms with Crippen molar-refractivity contribution in [2.75, 3.05) is 10.0 Å². The molecule has 0 spiro atoms. The first-order valence-electron chi connectivity index (χ1n) is 10.1. The molecule has 4 rings (SSSR count). The van der Waals surface area contributed by atoms with Crippen molar-refractivity contribution in [1.29, 1.82) is 0 Å². The Morgan fingerprint density at radius 2 is 1.06 bits per heavy atom. The third-order valence-electron chi connectivity index (χ3n) is 4.89. The minimum absolute atomic E-state index is 0.0479. The number of hydrogen-bond donors (Lipinski definition) is 2. The molecule has 0 saturated heterocycles. The molecule has 0 atom stereocenters. The fraction of sp³-hybridized carbons (Fsp3) is 0. The first-order chi connectivity index (χ1) is 15.9. The lowest BCUT2D eigenvalue weighted by atomic mass is 10.0. The monoisotopic (exact) mass is 456 g/mol. The quantitative estimate of drug-likeness (QED) is 0.384. The normalized spacial score (nSPS) is 10.9. The van der Waals surface area contributed by atoms with E-state index in [1.165, 1.54) is 24.3 Å². The fourth-order valence-electron chi connectivity index (χ4n) is 3.17. The summed E-state index contributed by atoms with van der Waals surface area (Å²) in [6.45, 7) is 0. The number of rotatable bonds is 7. The number of benzene rings is 4. The van der Waals surface area contributed by atoms with Crippen LogP contribution in [-0.2, 0) is 10.0 Å². The maximum Gasteiger partial charge on any atom is 0.261 e. The number of anilines is 2. The predicted octanol–water partition coefficient (Wildman–Crippen LogP) is 4.97. The van der Waals surface area contributed by atoms with E-state index in [9.17, 15) is 18.0 Å². The van der Waals surface area contributed by atoms with E-state index in [0.29, 0.717) is 28.1 Å². The zero-order valence-electron chi connectivity index (χ0n) is 17.4. The fourth-order valence-corrected chi connectivity index (χ4v) is 4.23. The van der Waals surface area contributed by atoms with Crippen LogP contribution in [0.4, 0.5) is 11.4 Å². The second-order valence-electron chi connectivity index (χ2n) is 7.22. The number of nitrogens with one attached hydrogen (secondary N) is 2. The van der Waals surface area contributed by atoms with Gasteiger partial charge in [-0.15, -0.1) is 0 Å². The van der Waals surface area contributed by atoms with Crippen LogP contribution in [-0.4, -0.2) is 20.1 Å². The summed E-state index contributed by atoms with van der Waals surface area (Å²) in [5, 5.41) is 2.75. The SMILES string of the molecule is O=C(Nc1ccc(C(=O)c2ccccc2)cc1)c1ccc(S(=O)(=O)Nc2ccccc2)cc1. The highest BCUT2D eigenvalue weighted by atomic mass is 32.2. The van der Waals surface area contributed by atoms with Crippen LogP contribution in [0.1, 0.15) is 26.3 Å². The Morgan fingerprint density at radius 3 is 1.67 bits per heavy atom. The Morgan fingerprint density at radius 1 is 0.545 bits per heavy atom. The Kier molecular flexibility index (Phi) is 6.33. The largest absolute Gasteiger partial charge is 0.322 e. The first kappa shape index (κ1) is 22.0. The van der Waals surface area contributed by atoms with E-state index in [4.69, 9.17) is 0 Å². The van der Waals surface area contributed by atoms with Crippen molar-refractivity contribution >= 4 is 33.1 Å². The van der Waals surface area contributed by atoms with Crippen LogP contribution in [0.5, 0.6) is 0 Å². The van der Waals surface area contributed by atoms with Gasteiger partial charge in [0.25, 0.3) is 15.9 Å². The Labute approximate surface area is 192 Å². The van der Waals surface area contributed by atoms with Gasteiger partial charge < -0.3 is 5.32 Å². The van der Waals surface area contributed by atoms with Crippen molar-refractivity contribution in [3.05, 3.63) is 126 Å². The van der Waals surface area contributed by atoms with Gasteiger partial charge in [0.2, 0.25) is 0 Å². The molecule has 4 aromatic rings. The maximum atomic E-state index is 12.6. The van der Waals surface area contributed by atoms with E-state index < -0.39 is 15.9 Å². The van der Waals surface area contributed by atoms with Crippen LogP contribution in [0.3, 0.4) is 0 Å². The second kappa shape index (κ2) is 9.50. The Balaban J connectivity index is 1.42. The Bertz CT molecular complexity index is 1370. The predicted molar refractivity (Wildman–Crippen MR) is 128 cm³/mol. The molecule has 1 amide bonds. The van der Waals surface area contributed by atoms with Crippen LogP contribution in [0.2, 0.25) is 0 Å². The average Bonchev–Trinajstić information content (AvgIpc) is 2.85. The third-order valence-corrected chi connectivity index (χ3v) is 6.29. The summed E-state index contributed by atoms with van der Waals surface area (Å²) in [7, 11) is -3.76. The highest BCUT2D eigenvalue weighted by Crippen LogP contribution is 2.18. The first-order valence-corrected chi connectivity index (χ1v) is 11.6. The van der Waals surface area contributed by atoms with E-state index in [1.54, 1.807) is 78.9 Å². The van der Waals surface area contributed by atoms with E-state index in [-0.39, 0.29) is 10.7 Å². The summed E-state index contributed by atoms with van der Waals surface area (Å²) >= 11 is 0. The molecular weight excluding hydrogens is 436 g/mol. The van der Waals surface area contributed by atoms with Crippen molar-refractivity contribution in [2.45, 2.75) is 4.90 Å². The van der Waals surface area contributed by atoms with Gasteiger partial charge in [-0.05, 0) is 60.7 Å². The minimum atomic E-state index is -3.76. The van der Waals surface area contributed by atoms with Gasteiger partial charge in [0.05, 0.1) is 4.90 Å². The van der Waals surface area contributed by atoms with Crippen molar-refractivity contribution in [3.8, 4) is 0 Å². The van der Waals surface area contributed by atoms with E-state index in [2.05, 4.69) is 10.0 Å². The van der Waals surface area contributed by atoms with Crippen LogP contribution in [0.25, 0.3) is 0 Å². The number of carbonyl (C=O) groups is 2. The molecule has 164 valence electrons. The standard InChI is InChI=1S/C26H20N2O4S/c29-25(19-7-3-1-4-8-19)20-11-15-22(16-12-20)27-26(30)21-13-17-24(18-14-21)33(31,32)28-23-9-5-2-6-10-23/h1-18,28H,(H,27,30). The van der Waals surface area contributed by atoms with Crippen molar-refractivity contribution in [2.24, 2.45) is 0 Å². The van der Waals surface area contributed by atoms with Gasteiger partial charge in [0, 0.05) is 28.1 Å². The molecule has 0 radical (unpaired) electrons. The molecule has 7 heteroatoms. The lowest BCUT2D eigenvalue weighted by molar-refractivity contribution is 0.102. The van der Waals surface area contributed by atoms with Gasteiger partial charge in [-0.2, -0.15) is 0 Å². The topological polar surface area (TPSA) is 92.3 Å². The van der Waals surface area contributed by atoms with Crippen molar-refractivity contribution < 1.29 is 18.0 Å². The highest BCUT2D eigenvalue weighted by molar-refractivity contribution is 7.92. The van der Waals surface area contributed by atoms with Gasteiger partial charge in [0.15, 0.2) is 5.78 Å². The van der Waals surface area contributed by atoms with Crippen LogP contribution >= 0.6 is 0 Å². The Hall–Kier alpha value is -4.23. The van der Waals surface area contributed by atoms with Crippen LogP contribution in [0, 0.1) is 0 Å². The van der Waals surface area contributed by atoms with Gasteiger partial charge in [-0.25, -0.2) is 8.42 Å². The number of hydrogen-bond acceptors (Lipinski definition) is 4. The maximum absolute atomic E-state index is 12.6. The van der Waals surface area contributed by atoms with Crippen molar-refractivity contribution in [1.82, 2.24) is 0 Å². The lowest BCUT2D eigenvalue weighted by Crippen LogP contribution is -2.15. The number of sulfonamides is 1. The summed E-state index contributed by atoms with van der Waals surface area (Å²) in [4.78, 5) is 25.1. The average molecular weight is 457 g/mol. The van der Waals surface area contributed by atoms with Crippen LogP contribution < -0.4 is 10.0 Å². The molecule has 0 aliphatic carbocycles. The highest BCUT2D eigenvalue weighted by Gasteiger charge is 2.15. The number of ketones is 1. The van der Waals surface area contributed by atoms with E-state index in [0.717, 1.165) is 0 Å². The molecule has 0 heterocycles. The lowest BCUT2D eigenvalue weighted by Gasteiger charge is -2.09. The van der Waals surface area contributed by atoms with E-state index in [1.807, 2.05) is 6.07 Å². The molecule has 0 bridgehead atoms. The smallest absolute Gasteiger partial charge is 0.261 e. The molecule has 0 aliphatic heterocycles. The molecule has 4 aromatic carbocycles. The summed E-state index contributed by atoms with van der Waals surface area (Å²) < 4.78 is 27.5. The van der Waals surface area contributed by atoms with Crippen molar-refractivity contribution in [3.63, 3.8) is 0 Å². The number of para-hydroxylation sites is 1. The zero-order valence-corrected chi connectivity index (χ0v) is 18.3. The molecular formula is C26H20N2O4S. The summed E-state index contributed by atoms with van der Waals surface area (Å²) in [5.41, 5.74) is 2.38. The summed E-state index contributed by atoms with van der Waals surface area (Å²) in [6, 6.07) is 29.7. The molecule has 6 nitrogen and oxygen atoms in total. The molecule has 0 aromatic heterocycles. The molecule has 2 N–H and O–H groups in total. The molecule has 0 aliphatic rings. The molecule has 33 heavy (non-hydrogen) atoms. The second-order valence-corrected chi connectivity index (χ2v) is 8.90. The minimum Gasteiger partial charge on any atom is -0.322 e. The summed E-state index contributed by atoms with van der Waals surface area (Å²) in [6.07, 6.45) is 0. The third kappa shape index (κ3) is 5.34.